The highest BCUT2D eigenvalue weighted by molar-refractivity contribution is 7.92. The van der Waals surface area contributed by atoms with Crippen LogP contribution in [-0.2, 0) is 10.0 Å². The van der Waals surface area contributed by atoms with Gasteiger partial charge in [0.05, 0.1) is 4.92 Å². The van der Waals surface area contributed by atoms with Crippen LogP contribution in [0, 0.1) is 21.7 Å². The molecule has 0 saturated heterocycles. The van der Waals surface area contributed by atoms with Crippen molar-refractivity contribution in [3.05, 3.63) is 64.2 Å². The third-order valence-electron chi connectivity index (χ3n) is 2.55. The minimum atomic E-state index is -4.51. The van der Waals surface area contributed by atoms with Crippen LogP contribution >= 0.6 is 0 Å². The Balaban J connectivity index is 2.52. The van der Waals surface area contributed by atoms with Gasteiger partial charge in [-0.25, -0.2) is 17.2 Å². The number of nitro benzene ring substituents is 1. The molecule has 9 heteroatoms. The molecule has 0 radical (unpaired) electrons. The predicted octanol–water partition coefficient (Wildman–Crippen LogP) is 2.67. The van der Waals surface area contributed by atoms with Gasteiger partial charge in [0.25, 0.3) is 15.7 Å². The molecule has 2 aromatic carbocycles. The number of para-hydroxylation sites is 2. The summed E-state index contributed by atoms with van der Waals surface area (Å²) in [4.78, 5) is 9.24. The fourth-order valence-corrected chi connectivity index (χ4v) is 2.87. The molecule has 0 aromatic heterocycles. The predicted molar refractivity (Wildman–Crippen MR) is 70.3 cm³/mol. The minimum absolute atomic E-state index is 0.683. The first-order valence-electron chi connectivity index (χ1n) is 5.53. The molecule has 6 nitrogen and oxygen atoms in total. The van der Waals surface area contributed by atoms with Crippen molar-refractivity contribution in [3.63, 3.8) is 0 Å². The second kappa shape index (κ2) is 5.44. The number of sulfonamides is 1. The molecule has 1 N–H and O–H groups in total. The van der Waals surface area contributed by atoms with Gasteiger partial charge in [-0.2, -0.15) is 0 Å². The van der Waals surface area contributed by atoms with Gasteiger partial charge in [0, 0.05) is 6.07 Å². The molecule has 0 saturated carbocycles. The minimum Gasteiger partial charge on any atom is -0.274 e. The maximum Gasteiger partial charge on any atom is 0.289 e. The lowest BCUT2D eigenvalue weighted by Crippen LogP contribution is -2.16. The van der Waals surface area contributed by atoms with E-state index in [-0.39, 0.29) is 0 Å². The van der Waals surface area contributed by atoms with E-state index in [0.717, 1.165) is 30.3 Å². The molecule has 0 aliphatic carbocycles. The fourth-order valence-electron chi connectivity index (χ4n) is 1.62. The second-order valence-corrected chi connectivity index (χ2v) is 5.58. The standard InChI is InChI=1S/C12H8F2N2O4S/c13-8-4-3-5-9(14)12(8)15-21(19,20)11-7-2-1-6-10(11)16(17)18/h1-7,15H. The quantitative estimate of drug-likeness (QED) is 0.694. The number of hydrogen-bond acceptors (Lipinski definition) is 4. The topological polar surface area (TPSA) is 89.3 Å². The third kappa shape index (κ3) is 2.97. The van der Waals surface area contributed by atoms with E-state index in [1.165, 1.54) is 12.1 Å². The summed E-state index contributed by atoms with van der Waals surface area (Å²) in [6, 6.07) is 7.28. The SMILES string of the molecule is O=[N+]([O-])c1ccccc1S(=O)(=O)Nc1c(F)cccc1F. The molecule has 0 amide bonds. The number of hydrogen-bond donors (Lipinski definition) is 1. The van der Waals surface area contributed by atoms with Crippen molar-refractivity contribution < 1.29 is 22.1 Å². The molecule has 0 heterocycles. The van der Waals surface area contributed by atoms with Gasteiger partial charge in [-0.05, 0) is 18.2 Å². The van der Waals surface area contributed by atoms with Crippen LogP contribution in [-0.4, -0.2) is 13.3 Å². The van der Waals surface area contributed by atoms with E-state index in [1.54, 1.807) is 4.72 Å². The van der Waals surface area contributed by atoms with Crippen LogP contribution in [0.5, 0.6) is 0 Å². The number of nitro groups is 1. The first-order chi connectivity index (χ1) is 9.83. The van der Waals surface area contributed by atoms with E-state index in [1.807, 2.05) is 0 Å². The molecule has 0 bridgehead atoms. The van der Waals surface area contributed by atoms with Crippen LogP contribution in [0.3, 0.4) is 0 Å². The number of anilines is 1. The molecule has 0 spiro atoms. The number of rotatable bonds is 4. The van der Waals surface area contributed by atoms with Crippen LogP contribution in [0.25, 0.3) is 0 Å². The molecule has 2 aromatic rings. The lowest BCUT2D eigenvalue weighted by atomic mass is 10.3. The molecule has 0 aliphatic heterocycles. The lowest BCUT2D eigenvalue weighted by molar-refractivity contribution is -0.387. The first-order valence-corrected chi connectivity index (χ1v) is 7.01. The van der Waals surface area contributed by atoms with Crippen LogP contribution in [0.15, 0.2) is 47.4 Å². The summed E-state index contributed by atoms with van der Waals surface area (Å²) in [6.45, 7) is 0. The van der Waals surface area contributed by atoms with E-state index >= 15 is 0 Å². The third-order valence-corrected chi connectivity index (χ3v) is 3.95. The largest absolute Gasteiger partial charge is 0.289 e. The van der Waals surface area contributed by atoms with Crippen molar-refractivity contribution in [3.8, 4) is 0 Å². The van der Waals surface area contributed by atoms with Gasteiger partial charge < -0.3 is 0 Å². The van der Waals surface area contributed by atoms with Gasteiger partial charge in [-0.15, -0.1) is 0 Å². The Hall–Kier alpha value is -2.55. The number of benzene rings is 2. The average molecular weight is 314 g/mol. The van der Waals surface area contributed by atoms with E-state index in [0.29, 0.717) is 0 Å². The summed E-state index contributed by atoms with van der Waals surface area (Å²) in [7, 11) is -4.51. The Morgan fingerprint density at radius 3 is 2.14 bits per heavy atom. The summed E-state index contributed by atoms with van der Waals surface area (Å²) in [5.41, 5.74) is -1.59. The highest BCUT2D eigenvalue weighted by Gasteiger charge is 2.27. The van der Waals surface area contributed by atoms with Crippen LogP contribution in [0.4, 0.5) is 20.2 Å². The zero-order valence-corrected chi connectivity index (χ0v) is 11.1. The molecule has 0 atom stereocenters. The molecule has 0 aliphatic rings. The molecule has 0 fully saturated rings. The molecule has 110 valence electrons. The lowest BCUT2D eigenvalue weighted by Gasteiger charge is -2.09. The van der Waals surface area contributed by atoms with Gasteiger partial charge in [0.1, 0.15) is 17.3 Å². The van der Waals surface area contributed by atoms with Gasteiger partial charge in [0.15, 0.2) is 4.90 Å². The van der Waals surface area contributed by atoms with Crippen molar-refractivity contribution in [2.45, 2.75) is 4.90 Å². The van der Waals surface area contributed by atoms with Gasteiger partial charge in [0.2, 0.25) is 0 Å². The van der Waals surface area contributed by atoms with Crippen LogP contribution in [0.2, 0.25) is 0 Å². The Morgan fingerprint density at radius 1 is 1.00 bits per heavy atom. The maximum absolute atomic E-state index is 13.5. The van der Waals surface area contributed by atoms with Crippen molar-refractivity contribution in [1.29, 1.82) is 0 Å². The van der Waals surface area contributed by atoms with Gasteiger partial charge in [-0.1, -0.05) is 18.2 Å². The van der Waals surface area contributed by atoms with Gasteiger partial charge in [-0.3, -0.25) is 14.8 Å². The van der Waals surface area contributed by atoms with Crippen LogP contribution < -0.4 is 4.72 Å². The highest BCUT2D eigenvalue weighted by atomic mass is 32.2. The van der Waals surface area contributed by atoms with E-state index in [9.17, 15) is 27.3 Å². The number of halogens is 2. The highest BCUT2D eigenvalue weighted by Crippen LogP contribution is 2.27. The molecule has 21 heavy (non-hydrogen) atoms. The van der Waals surface area contributed by atoms with Gasteiger partial charge >= 0.3 is 0 Å². The smallest absolute Gasteiger partial charge is 0.274 e. The number of nitrogens with zero attached hydrogens (tertiary/aromatic N) is 1. The van der Waals surface area contributed by atoms with E-state index < -0.39 is 42.9 Å². The van der Waals surface area contributed by atoms with Crippen molar-refractivity contribution in [2.75, 3.05) is 4.72 Å². The van der Waals surface area contributed by atoms with Crippen LogP contribution in [0.1, 0.15) is 0 Å². The van der Waals surface area contributed by atoms with Crippen molar-refractivity contribution >= 4 is 21.4 Å². The monoisotopic (exact) mass is 314 g/mol. The summed E-state index contributed by atoms with van der Waals surface area (Å²) in [5.74, 6) is -2.26. The average Bonchev–Trinajstić information content (AvgIpc) is 2.43. The van der Waals surface area contributed by atoms with Crippen molar-refractivity contribution in [2.24, 2.45) is 0 Å². The maximum atomic E-state index is 13.5. The Morgan fingerprint density at radius 2 is 1.57 bits per heavy atom. The molecule has 2 rings (SSSR count). The number of nitrogens with one attached hydrogen (secondary N) is 1. The Bertz CT molecular complexity index is 788. The van der Waals surface area contributed by atoms with Crippen molar-refractivity contribution in [1.82, 2.24) is 0 Å². The first kappa shape index (κ1) is 14.9. The summed E-state index contributed by atoms with van der Waals surface area (Å²) < 4.78 is 52.8. The van der Waals surface area contributed by atoms with E-state index in [4.69, 9.17) is 0 Å². The fraction of sp³-hybridized carbons (Fsp3) is 0. The summed E-state index contributed by atoms with van der Waals surface area (Å²) in [6.07, 6.45) is 0. The zero-order chi connectivity index (χ0) is 15.6. The molecule has 0 unspecified atom stereocenters. The summed E-state index contributed by atoms with van der Waals surface area (Å²) in [5, 5.41) is 10.8. The normalized spacial score (nSPS) is 11.1. The zero-order valence-electron chi connectivity index (χ0n) is 10.3. The Kier molecular flexibility index (Phi) is 3.85. The summed E-state index contributed by atoms with van der Waals surface area (Å²) >= 11 is 0. The molecular weight excluding hydrogens is 306 g/mol. The molecular formula is C12H8F2N2O4S. The van der Waals surface area contributed by atoms with E-state index in [2.05, 4.69) is 0 Å². The Labute approximate surface area is 118 Å². The second-order valence-electron chi connectivity index (χ2n) is 3.93.